The summed E-state index contributed by atoms with van der Waals surface area (Å²) in [4.78, 5) is 26.1. The van der Waals surface area contributed by atoms with Crippen LogP contribution in [0.3, 0.4) is 0 Å². The van der Waals surface area contributed by atoms with Crippen LogP contribution >= 0.6 is 30.8 Å². The van der Waals surface area contributed by atoms with Crippen LogP contribution in [0, 0.1) is 0 Å². The lowest BCUT2D eigenvalue weighted by Crippen LogP contribution is -2.32. The third kappa shape index (κ3) is 5.68. The summed E-state index contributed by atoms with van der Waals surface area (Å²) >= 11 is 12.3. The van der Waals surface area contributed by atoms with Gasteiger partial charge in [0.25, 0.3) is 0 Å². The number of benzene rings is 1. The number of nitrogens with zero attached hydrogens (tertiary/aromatic N) is 4. The van der Waals surface area contributed by atoms with Crippen molar-refractivity contribution >= 4 is 47.6 Å². The molecular weight excluding hydrogens is 512 g/mol. The topological polar surface area (TPSA) is 172 Å². The lowest BCUT2D eigenvalue weighted by molar-refractivity contribution is -0.0493. The molecule has 12 nitrogen and oxygen atoms in total. The Morgan fingerprint density at radius 2 is 1.94 bits per heavy atom. The average molecular weight is 534 g/mol. The van der Waals surface area contributed by atoms with Crippen LogP contribution in [0.25, 0.3) is 11.0 Å². The molecule has 0 aliphatic carbocycles. The van der Waals surface area contributed by atoms with Crippen LogP contribution in [-0.2, 0) is 20.6 Å². The monoisotopic (exact) mass is 533 g/mol. The fourth-order valence-electron chi connectivity index (χ4n) is 3.59. The van der Waals surface area contributed by atoms with Crippen LogP contribution in [0.15, 0.2) is 30.5 Å². The first-order valence-corrected chi connectivity index (χ1v) is 12.7. The Balaban J connectivity index is 1.51. The van der Waals surface area contributed by atoms with Gasteiger partial charge in [-0.25, -0.2) is 4.68 Å². The average Bonchev–Trinajstić information content (AvgIpc) is 3.31. The van der Waals surface area contributed by atoms with Crippen LogP contribution in [-0.4, -0.2) is 71.0 Å². The molecule has 3 aromatic rings. The predicted octanol–water partition coefficient (Wildman–Crippen LogP) is 1.91. The van der Waals surface area contributed by atoms with Gasteiger partial charge in [0, 0.05) is 11.6 Å². The van der Waals surface area contributed by atoms with E-state index in [1.807, 2.05) is 18.2 Å². The Morgan fingerprint density at radius 1 is 1.18 bits per heavy atom. The lowest BCUT2D eigenvalue weighted by atomic mass is 10.1. The van der Waals surface area contributed by atoms with Crippen molar-refractivity contribution in [2.24, 2.45) is 0 Å². The molecule has 0 spiro atoms. The van der Waals surface area contributed by atoms with Gasteiger partial charge in [-0.1, -0.05) is 29.8 Å². The van der Waals surface area contributed by atoms with Gasteiger partial charge in [0.1, 0.15) is 24.4 Å². The molecule has 0 radical (unpaired) electrons. The third-order valence-electron chi connectivity index (χ3n) is 5.22. The molecule has 4 atom stereocenters. The fourth-order valence-corrected chi connectivity index (χ4v) is 4.33. The second kappa shape index (κ2) is 10.4. The first kappa shape index (κ1) is 25.2. The minimum absolute atomic E-state index is 0.0636. The first-order valence-electron chi connectivity index (χ1n) is 10.2. The number of anilines is 1. The van der Waals surface area contributed by atoms with Gasteiger partial charge in [-0.2, -0.15) is 15.1 Å². The van der Waals surface area contributed by atoms with E-state index in [0.29, 0.717) is 22.8 Å². The fraction of sp³-hybridized carbons (Fsp3) is 0.421. The number of fused-ring (bicyclic) bond motifs is 1. The van der Waals surface area contributed by atoms with E-state index in [1.165, 1.54) is 10.9 Å². The van der Waals surface area contributed by atoms with Crippen LogP contribution < -0.4 is 5.32 Å². The van der Waals surface area contributed by atoms with Gasteiger partial charge in [-0.15, -0.1) is 0 Å². The zero-order valence-corrected chi connectivity index (χ0v) is 19.9. The zero-order valence-electron chi connectivity index (χ0n) is 17.5. The van der Waals surface area contributed by atoms with Crippen LogP contribution in [0.1, 0.15) is 18.2 Å². The molecular formula is C19H22Cl2N5O7P. The molecule has 1 saturated heterocycles. The van der Waals surface area contributed by atoms with Gasteiger partial charge < -0.3 is 34.8 Å². The maximum Gasteiger partial charge on any atom is 0.350 e. The highest BCUT2D eigenvalue weighted by Gasteiger charge is 2.44. The second-order valence-corrected chi connectivity index (χ2v) is 9.98. The molecule has 1 aromatic carbocycles. The lowest BCUT2D eigenvalue weighted by Gasteiger charge is -2.16. The smallest absolute Gasteiger partial charge is 0.350 e. The van der Waals surface area contributed by atoms with Crippen molar-refractivity contribution in [3.05, 3.63) is 46.3 Å². The summed E-state index contributed by atoms with van der Waals surface area (Å²) in [5, 5.41) is 29.4. The van der Waals surface area contributed by atoms with E-state index in [1.54, 1.807) is 6.07 Å². The molecule has 3 heterocycles. The first-order chi connectivity index (χ1) is 16.1. The van der Waals surface area contributed by atoms with E-state index in [-0.39, 0.29) is 24.0 Å². The van der Waals surface area contributed by atoms with E-state index in [9.17, 15) is 14.8 Å². The highest BCUT2D eigenvalue weighted by Crippen LogP contribution is 2.36. The molecule has 0 bridgehead atoms. The molecule has 0 amide bonds. The number of halogens is 2. The summed E-state index contributed by atoms with van der Waals surface area (Å²) in [6, 6.07) is 7.33. The van der Waals surface area contributed by atoms with Crippen LogP contribution in [0.5, 0.6) is 0 Å². The standard InChI is InChI=1S/C19H22Cl2N5O7P/c20-12-4-2-1-3-10(12)7-22-16-11-8-23-26(17(11)25-19(21)24-16)18-15(28)14(27)13(33-18)5-6-32-9-34(29,30)31/h1-4,8,13-15,18,27-28H,5-7,9H2,(H,22,24,25)(H2,29,30,31)/t13-,14-,15-,18-/m1/s1. The van der Waals surface area contributed by atoms with Crippen molar-refractivity contribution < 1.29 is 34.0 Å². The maximum atomic E-state index is 10.9. The van der Waals surface area contributed by atoms with Crippen molar-refractivity contribution in [3.8, 4) is 0 Å². The van der Waals surface area contributed by atoms with Crippen molar-refractivity contribution in [3.63, 3.8) is 0 Å². The number of hydrogen-bond donors (Lipinski definition) is 5. The summed E-state index contributed by atoms with van der Waals surface area (Å²) in [5.74, 6) is 0.400. The molecule has 2 aromatic heterocycles. The molecule has 0 saturated carbocycles. The molecule has 34 heavy (non-hydrogen) atoms. The summed E-state index contributed by atoms with van der Waals surface area (Å²) in [6.07, 6.45) is -3.73. The number of hydrogen-bond acceptors (Lipinski definition) is 9. The van der Waals surface area contributed by atoms with Gasteiger partial charge in [0.05, 0.1) is 24.3 Å². The number of nitrogens with one attached hydrogen (secondary N) is 1. The molecule has 1 aliphatic heterocycles. The quantitative estimate of drug-likeness (QED) is 0.154. The SMILES string of the molecule is O=P(O)(O)COCC[C@H]1O[C@@H](n2ncc3c(NCc4ccccc4Cl)nc(Cl)nc32)[C@H](O)[C@@H]1O. The molecule has 1 fully saturated rings. The zero-order chi connectivity index (χ0) is 24.5. The maximum absolute atomic E-state index is 10.9. The Kier molecular flexibility index (Phi) is 7.72. The van der Waals surface area contributed by atoms with Gasteiger partial charge in [0.2, 0.25) is 5.28 Å². The second-order valence-electron chi connectivity index (χ2n) is 7.65. The Labute approximate surface area is 203 Å². The van der Waals surface area contributed by atoms with Gasteiger partial charge >= 0.3 is 7.60 Å². The molecule has 5 N–H and O–H groups in total. The summed E-state index contributed by atoms with van der Waals surface area (Å²) in [6.45, 7) is 0.279. The number of rotatable bonds is 9. The Morgan fingerprint density at radius 3 is 2.68 bits per heavy atom. The Bertz CT molecular complexity index is 1210. The van der Waals surface area contributed by atoms with E-state index >= 15 is 0 Å². The molecule has 15 heteroatoms. The molecule has 0 unspecified atom stereocenters. The number of aliphatic hydroxyl groups is 2. The van der Waals surface area contributed by atoms with Crippen molar-refractivity contribution in [2.75, 3.05) is 18.3 Å². The molecule has 1 aliphatic rings. The number of ether oxygens (including phenoxy) is 2. The van der Waals surface area contributed by atoms with Crippen molar-refractivity contribution in [1.29, 1.82) is 0 Å². The van der Waals surface area contributed by atoms with Gasteiger partial charge in [-0.3, -0.25) is 4.57 Å². The predicted molar refractivity (Wildman–Crippen MR) is 123 cm³/mol. The van der Waals surface area contributed by atoms with Gasteiger partial charge in [0.15, 0.2) is 11.9 Å². The van der Waals surface area contributed by atoms with E-state index < -0.39 is 38.5 Å². The van der Waals surface area contributed by atoms with Crippen LogP contribution in [0.4, 0.5) is 5.82 Å². The van der Waals surface area contributed by atoms with E-state index in [2.05, 4.69) is 20.4 Å². The Hall–Kier alpha value is -1.86. The minimum Gasteiger partial charge on any atom is -0.388 e. The van der Waals surface area contributed by atoms with E-state index in [0.717, 1.165) is 5.56 Å². The van der Waals surface area contributed by atoms with Gasteiger partial charge in [-0.05, 0) is 29.7 Å². The number of aromatic nitrogens is 4. The minimum atomic E-state index is -4.30. The van der Waals surface area contributed by atoms with Crippen LogP contribution in [0.2, 0.25) is 10.3 Å². The molecule has 184 valence electrons. The number of aliphatic hydroxyl groups excluding tert-OH is 2. The third-order valence-corrected chi connectivity index (χ3v) is 6.27. The highest BCUT2D eigenvalue weighted by molar-refractivity contribution is 7.51. The van der Waals surface area contributed by atoms with E-state index in [4.69, 9.17) is 42.5 Å². The largest absolute Gasteiger partial charge is 0.388 e. The highest BCUT2D eigenvalue weighted by atomic mass is 35.5. The summed E-state index contributed by atoms with van der Waals surface area (Å²) < 4.78 is 22.9. The summed E-state index contributed by atoms with van der Waals surface area (Å²) in [5.41, 5.74) is 1.12. The van der Waals surface area contributed by atoms with Crippen molar-refractivity contribution in [2.45, 2.75) is 37.5 Å². The van der Waals surface area contributed by atoms with Crippen molar-refractivity contribution in [1.82, 2.24) is 19.7 Å². The normalized spacial score (nSPS) is 23.0. The summed E-state index contributed by atoms with van der Waals surface area (Å²) in [7, 11) is -4.30. The molecule has 4 rings (SSSR count).